The van der Waals surface area contributed by atoms with Gasteiger partial charge in [-0.3, -0.25) is 4.90 Å². The molecule has 4 heteroatoms. The first-order chi connectivity index (χ1) is 9.86. The highest BCUT2D eigenvalue weighted by atomic mass is 16.5. The van der Waals surface area contributed by atoms with Crippen molar-refractivity contribution in [3.05, 3.63) is 0 Å². The third-order valence-electron chi connectivity index (χ3n) is 4.56. The molecule has 1 unspecified atom stereocenters. The Morgan fingerprint density at radius 1 is 1.29 bits per heavy atom. The first kappa shape index (κ1) is 18.9. The van der Waals surface area contributed by atoms with Crippen LogP contribution in [0, 0.1) is 5.41 Å². The van der Waals surface area contributed by atoms with Crippen LogP contribution in [0.15, 0.2) is 0 Å². The summed E-state index contributed by atoms with van der Waals surface area (Å²) < 4.78 is 5.72. The quantitative estimate of drug-likeness (QED) is 0.685. The van der Waals surface area contributed by atoms with Crippen LogP contribution in [-0.4, -0.2) is 61.0 Å². The number of rotatable bonds is 9. The van der Waals surface area contributed by atoms with Crippen molar-refractivity contribution in [2.24, 2.45) is 5.41 Å². The van der Waals surface area contributed by atoms with Crippen LogP contribution in [0.25, 0.3) is 0 Å². The van der Waals surface area contributed by atoms with Crippen LogP contribution in [0.3, 0.4) is 0 Å². The second-order valence-electron chi connectivity index (χ2n) is 7.57. The van der Waals surface area contributed by atoms with Gasteiger partial charge in [0.05, 0.1) is 13.2 Å². The lowest BCUT2D eigenvalue weighted by molar-refractivity contribution is 0.0648. The van der Waals surface area contributed by atoms with Gasteiger partial charge in [-0.25, -0.2) is 0 Å². The number of hydrogen-bond acceptors (Lipinski definition) is 4. The fraction of sp³-hybridized carbons (Fsp3) is 1.00. The molecule has 1 aliphatic heterocycles. The summed E-state index contributed by atoms with van der Waals surface area (Å²) in [5.41, 5.74) is 0.317. The van der Waals surface area contributed by atoms with Crippen molar-refractivity contribution in [3.8, 4) is 0 Å². The van der Waals surface area contributed by atoms with Crippen molar-refractivity contribution >= 4 is 0 Å². The van der Waals surface area contributed by atoms with E-state index >= 15 is 0 Å². The average Bonchev–Trinajstić information content (AvgIpc) is 2.86. The van der Waals surface area contributed by atoms with E-state index in [-0.39, 0.29) is 17.6 Å². The molecule has 1 heterocycles. The lowest BCUT2D eigenvalue weighted by Crippen LogP contribution is -2.51. The zero-order chi connectivity index (χ0) is 15.9. The van der Waals surface area contributed by atoms with Crippen molar-refractivity contribution in [2.45, 2.75) is 65.5 Å². The Hall–Kier alpha value is -0.160. The van der Waals surface area contributed by atoms with Gasteiger partial charge in [0.15, 0.2) is 0 Å². The Morgan fingerprint density at radius 3 is 2.38 bits per heavy atom. The zero-order valence-corrected chi connectivity index (χ0v) is 14.7. The van der Waals surface area contributed by atoms with E-state index in [1.807, 2.05) is 0 Å². The van der Waals surface area contributed by atoms with Gasteiger partial charge >= 0.3 is 0 Å². The molecule has 1 atom stereocenters. The van der Waals surface area contributed by atoms with Crippen molar-refractivity contribution in [1.29, 1.82) is 0 Å². The molecule has 0 spiro atoms. The second-order valence-corrected chi connectivity index (χ2v) is 7.57. The van der Waals surface area contributed by atoms with E-state index in [2.05, 4.69) is 44.8 Å². The number of aliphatic hydroxyl groups is 1. The van der Waals surface area contributed by atoms with Crippen LogP contribution in [0.2, 0.25) is 0 Å². The molecule has 0 aromatic rings. The molecule has 0 amide bonds. The maximum absolute atomic E-state index is 9.41. The van der Waals surface area contributed by atoms with Crippen LogP contribution in [0.4, 0.5) is 0 Å². The Bertz CT molecular complexity index is 279. The molecule has 0 saturated carbocycles. The number of nitrogens with zero attached hydrogens (tertiary/aromatic N) is 1. The Kier molecular flexibility index (Phi) is 7.62. The normalized spacial score (nSPS) is 23.4. The van der Waals surface area contributed by atoms with Crippen molar-refractivity contribution in [3.63, 3.8) is 0 Å². The van der Waals surface area contributed by atoms with Gasteiger partial charge in [0, 0.05) is 43.2 Å². The number of aliphatic hydroxyl groups excluding tert-OH is 1. The van der Waals surface area contributed by atoms with E-state index in [0.29, 0.717) is 6.04 Å². The lowest BCUT2D eigenvalue weighted by atomic mass is 9.85. The van der Waals surface area contributed by atoms with Gasteiger partial charge in [-0.15, -0.1) is 0 Å². The average molecular weight is 300 g/mol. The minimum absolute atomic E-state index is 0.131. The number of hydrogen-bond donors (Lipinski definition) is 2. The van der Waals surface area contributed by atoms with Crippen molar-refractivity contribution in [1.82, 2.24) is 10.2 Å². The standard InChI is InChI=1S/C17H36N2O2/c1-6-15(7-2)19(9-10-20)13-17(8-11-21-14-17)12-18-16(3,4)5/h15,18,20H,6-14H2,1-5H3. The fourth-order valence-electron chi connectivity index (χ4n) is 3.18. The minimum Gasteiger partial charge on any atom is -0.395 e. The Morgan fingerprint density at radius 2 is 1.95 bits per heavy atom. The van der Waals surface area contributed by atoms with Gasteiger partial charge in [0.1, 0.15) is 0 Å². The molecule has 1 fully saturated rings. The molecular weight excluding hydrogens is 264 g/mol. The summed E-state index contributed by atoms with van der Waals surface area (Å²) in [5, 5.41) is 13.1. The van der Waals surface area contributed by atoms with Crippen molar-refractivity contribution in [2.75, 3.05) is 39.5 Å². The summed E-state index contributed by atoms with van der Waals surface area (Å²) in [4.78, 5) is 2.47. The lowest BCUT2D eigenvalue weighted by Gasteiger charge is -2.39. The minimum atomic E-state index is 0.131. The largest absolute Gasteiger partial charge is 0.395 e. The van der Waals surface area contributed by atoms with Gasteiger partial charge in [-0.1, -0.05) is 13.8 Å². The molecule has 0 aliphatic carbocycles. The molecule has 1 aliphatic rings. The van der Waals surface area contributed by atoms with Gasteiger partial charge in [0.2, 0.25) is 0 Å². The molecule has 2 N–H and O–H groups in total. The molecule has 1 rings (SSSR count). The summed E-state index contributed by atoms with van der Waals surface area (Å²) in [6.07, 6.45) is 3.39. The number of ether oxygens (including phenoxy) is 1. The number of nitrogens with one attached hydrogen (secondary N) is 1. The van der Waals surface area contributed by atoms with E-state index in [9.17, 15) is 5.11 Å². The maximum atomic E-state index is 9.41. The van der Waals surface area contributed by atoms with E-state index in [1.165, 1.54) is 0 Å². The van der Waals surface area contributed by atoms with E-state index < -0.39 is 0 Å². The predicted molar refractivity (Wildman–Crippen MR) is 88.7 cm³/mol. The zero-order valence-electron chi connectivity index (χ0n) is 14.7. The van der Waals surface area contributed by atoms with Crippen LogP contribution in [0.1, 0.15) is 53.9 Å². The highest BCUT2D eigenvalue weighted by Gasteiger charge is 2.38. The SMILES string of the molecule is CCC(CC)N(CCO)CC1(CNC(C)(C)C)CCOC1. The Labute approximate surface area is 131 Å². The van der Waals surface area contributed by atoms with E-state index in [4.69, 9.17) is 4.74 Å². The molecular formula is C17H36N2O2. The third-order valence-corrected chi connectivity index (χ3v) is 4.56. The summed E-state index contributed by atoms with van der Waals surface area (Å²) in [6, 6.07) is 0.560. The first-order valence-corrected chi connectivity index (χ1v) is 8.53. The topological polar surface area (TPSA) is 44.7 Å². The second kappa shape index (κ2) is 8.47. The van der Waals surface area contributed by atoms with Gasteiger partial charge in [-0.05, 0) is 40.0 Å². The van der Waals surface area contributed by atoms with E-state index in [1.54, 1.807) is 0 Å². The molecule has 0 radical (unpaired) electrons. The van der Waals surface area contributed by atoms with Crippen molar-refractivity contribution < 1.29 is 9.84 Å². The monoisotopic (exact) mass is 300 g/mol. The third kappa shape index (κ3) is 6.23. The van der Waals surface area contributed by atoms with Gasteiger partial charge in [-0.2, -0.15) is 0 Å². The predicted octanol–water partition coefficient (Wildman–Crippen LogP) is 2.26. The fourth-order valence-corrected chi connectivity index (χ4v) is 3.18. The molecule has 126 valence electrons. The molecule has 4 nitrogen and oxygen atoms in total. The first-order valence-electron chi connectivity index (χ1n) is 8.53. The Balaban J connectivity index is 2.73. The van der Waals surface area contributed by atoms with E-state index in [0.717, 1.165) is 52.1 Å². The van der Waals surface area contributed by atoms with Crippen LogP contribution >= 0.6 is 0 Å². The maximum Gasteiger partial charge on any atom is 0.0558 e. The molecule has 21 heavy (non-hydrogen) atoms. The highest BCUT2D eigenvalue weighted by molar-refractivity contribution is 4.91. The summed E-state index contributed by atoms with van der Waals surface area (Å²) in [5.74, 6) is 0. The van der Waals surface area contributed by atoms with Crippen LogP contribution < -0.4 is 5.32 Å². The molecule has 0 aromatic heterocycles. The van der Waals surface area contributed by atoms with Crippen LogP contribution in [-0.2, 0) is 4.74 Å². The summed E-state index contributed by atoms with van der Waals surface area (Å²) in [6.45, 7) is 15.8. The van der Waals surface area contributed by atoms with Gasteiger partial charge in [0.25, 0.3) is 0 Å². The molecule has 0 bridgehead atoms. The molecule has 1 saturated heterocycles. The summed E-state index contributed by atoms with van der Waals surface area (Å²) >= 11 is 0. The molecule has 0 aromatic carbocycles. The summed E-state index contributed by atoms with van der Waals surface area (Å²) in [7, 11) is 0. The smallest absolute Gasteiger partial charge is 0.0558 e. The highest BCUT2D eigenvalue weighted by Crippen LogP contribution is 2.31. The van der Waals surface area contributed by atoms with Crippen LogP contribution in [0.5, 0.6) is 0 Å². The van der Waals surface area contributed by atoms with Gasteiger partial charge < -0.3 is 15.2 Å².